The van der Waals surface area contributed by atoms with E-state index in [9.17, 15) is 14.4 Å². The Balaban J connectivity index is 2.59. The van der Waals surface area contributed by atoms with Gasteiger partial charge in [-0.15, -0.1) is 0 Å². The third-order valence-corrected chi connectivity index (χ3v) is 2.12. The van der Waals surface area contributed by atoms with Gasteiger partial charge >= 0.3 is 11.6 Å². The van der Waals surface area contributed by atoms with Gasteiger partial charge in [0.15, 0.2) is 6.29 Å². The van der Waals surface area contributed by atoms with Gasteiger partial charge in [-0.05, 0) is 18.2 Å². The minimum absolute atomic E-state index is 0.0438. The lowest BCUT2D eigenvalue weighted by Gasteiger charge is -2.02. The van der Waals surface area contributed by atoms with E-state index in [2.05, 4.69) is 0 Å². The molecule has 2 rings (SSSR count). The van der Waals surface area contributed by atoms with Gasteiger partial charge in [-0.2, -0.15) is 0 Å². The molecule has 0 spiro atoms. The number of carbonyl (C=O) groups is 2. The average molecular weight is 232 g/mol. The monoisotopic (exact) mass is 232 g/mol. The second-order valence-electron chi connectivity index (χ2n) is 3.40. The van der Waals surface area contributed by atoms with Crippen molar-refractivity contribution in [2.75, 3.05) is 0 Å². The van der Waals surface area contributed by atoms with E-state index in [1.807, 2.05) is 0 Å². The van der Waals surface area contributed by atoms with Crippen molar-refractivity contribution in [3.05, 3.63) is 40.2 Å². The molecule has 0 radical (unpaired) electrons. The number of hydrogen-bond acceptors (Lipinski definition) is 5. The summed E-state index contributed by atoms with van der Waals surface area (Å²) in [7, 11) is 0. The van der Waals surface area contributed by atoms with Crippen LogP contribution in [0.1, 0.15) is 17.3 Å². The van der Waals surface area contributed by atoms with Crippen molar-refractivity contribution in [3.63, 3.8) is 0 Å². The molecule has 0 bridgehead atoms. The van der Waals surface area contributed by atoms with Crippen LogP contribution in [0.15, 0.2) is 33.5 Å². The summed E-state index contributed by atoms with van der Waals surface area (Å²) in [6, 6.07) is 6.00. The molecule has 0 saturated heterocycles. The summed E-state index contributed by atoms with van der Waals surface area (Å²) >= 11 is 0. The van der Waals surface area contributed by atoms with E-state index in [4.69, 9.17) is 9.15 Å². The predicted octanol–water partition coefficient (Wildman–Crippen LogP) is 1.53. The first-order valence-corrected chi connectivity index (χ1v) is 4.81. The smallest absolute Gasteiger partial charge is 0.346 e. The highest BCUT2D eigenvalue weighted by Crippen LogP contribution is 2.20. The van der Waals surface area contributed by atoms with E-state index >= 15 is 0 Å². The quantitative estimate of drug-likeness (QED) is 0.340. The number of fused-ring (bicyclic) bond motifs is 1. The molecular weight excluding hydrogens is 224 g/mol. The van der Waals surface area contributed by atoms with E-state index in [0.29, 0.717) is 11.7 Å². The Morgan fingerprint density at radius 2 is 2.12 bits per heavy atom. The molecule has 0 unspecified atom stereocenters. The molecule has 2 aromatic rings. The van der Waals surface area contributed by atoms with Crippen LogP contribution < -0.4 is 10.4 Å². The molecule has 1 aromatic heterocycles. The third kappa shape index (κ3) is 2.23. The van der Waals surface area contributed by atoms with Crippen molar-refractivity contribution >= 4 is 23.2 Å². The normalized spacial score (nSPS) is 10.2. The van der Waals surface area contributed by atoms with Crippen molar-refractivity contribution < 1.29 is 18.7 Å². The number of hydrogen-bond donors (Lipinski definition) is 0. The number of carbonyl (C=O) groups excluding carboxylic acids is 2. The van der Waals surface area contributed by atoms with Crippen LogP contribution in [-0.2, 0) is 4.79 Å². The minimum atomic E-state index is -0.715. The van der Waals surface area contributed by atoms with Crippen LogP contribution in [0.4, 0.5) is 0 Å². The van der Waals surface area contributed by atoms with Gasteiger partial charge in [-0.25, -0.2) is 4.79 Å². The van der Waals surface area contributed by atoms with Gasteiger partial charge in [-0.1, -0.05) is 0 Å². The maximum Gasteiger partial charge on any atom is 0.346 e. The van der Waals surface area contributed by atoms with Crippen molar-refractivity contribution in [2.24, 2.45) is 0 Å². The molecule has 0 N–H and O–H groups in total. The Hall–Kier alpha value is -2.43. The molecule has 0 fully saturated rings. The summed E-state index contributed by atoms with van der Waals surface area (Å²) in [4.78, 5) is 32.6. The van der Waals surface area contributed by atoms with Gasteiger partial charge in [0, 0.05) is 18.4 Å². The molecule has 5 heteroatoms. The van der Waals surface area contributed by atoms with Crippen LogP contribution in [0.5, 0.6) is 5.75 Å². The summed E-state index contributed by atoms with van der Waals surface area (Å²) in [6.07, 6.45) is 0.436. The molecule has 0 atom stereocenters. The fourth-order valence-electron chi connectivity index (χ4n) is 1.42. The number of benzene rings is 1. The third-order valence-electron chi connectivity index (χ3n) is 2.12. The molecule has 1 aromatic carbocycles. The largest absolute Gasteiger partial charge is 0.427 e. The molecule has 0 saturated carbocycles. The Morgan fingerprint density at radius 3 is 2.76 bits per heavy atom. The van der Waals surface area contributed by atoms with Crippen LogP contribution in [0, 0.1) is 0 Å². The van der Waals surface area contributed by atoms with E-state index in [1.165, 1.54) is 19.1 Å². The highest BCUT2D eigenvalue weighted by molar-refractivity contribution is 5.85. The van der Waals surface area contributed by atoms with Crippen molar-refractivity contribution in [2.45, 2.75) is 6.92 Å². The number of aldehydes is 1. The molecular formula is C12H8O5. The van der Waals surface area contributed by atoms with Crippen LogP contribution in [0.3, 0.4) is 0 Å². The Bertz CT molecular complexity index is 653. The van der Waals surface area contributed by atoms with Gasteiger partial charge in [0.2, 0.25) is 0 Å². The van der Waals surface area contributed by atoms with E-state index in [0.717, 1.165) is 0 Å². The molecule has 86 valence electrons. The lowest BCUT2D eigenvalue weighted by atomic mass is 10.2. The van der Waals surface area contributed by atoms with Gasteiger partial charge in [0.1, 0.15) is 16.9 Å². The van der Waals surface area contributed by atoms with E-state index in [-0.39, 0.29) is 16.9 Å². The summed E-state index contributed by atoms with van der Waals surface area (Å²) in [5.74, 6) is -0.178. The first kappa shape index (κ1) is 11.1. The summed E-state index contributed by atoms with van der Waals surface area (Å²) in [5, 5.41) is 0.586. The van der Waals surface area contributed by atoms with E-state index in [1.54, 1.807) is 12.1 Å². The number of rotatable bonds is 2. The zero-order valence-corrected chi connectivity index (χ0v) is 8.93. The molecule has 1 heterocycles. The van der Waals surface area contributed by atoms with E-state index < -0.39 is 11.6 Å². The SMILES string of the molecule is CC(=O)Oc1ccc2cc(C=O)c(=O)oc2c1. The molecule has 0 amide bonds. The first-order chi connectivity index (χ1) is 8.10. The first-order valence-electron chi connectivity index (χ1n) is 4.81. The molecule has 0 aliphatic carbocycles. The van der Waals surface area contributed by atoms with Crippen molar-refractivity contribution in [1.29, 1.82) is 0 Å². The van der Waals surface area contributed by atoms with Gasteiger partial charge in [-0.3, -0.25) is 9.59 Å². The fourth-order valence-corrected chi connectivity index (χ4v) is 1.42. The summed E-state index contributed by atoms with van der Waals surface area (Å²) < 4.78 is 9.78. The topological polar surface area (TPSA) is 73.6 Å². The second kappa shape index (κ2) is 4.21. The van der Waals surface area contributed by atoms with Crippen LogP contribution in [-0.4, -0.2) is 12.3 Å². The van der Waals surface area contributed by atoms with Gasteiger partial charge in [0.05, 0.1) is 0 Å². The Labute approximate surface area is 95.6 Å². The minimum Gasteiger partial charge on any atom is -0.427 e. The lowest BCUT2D eigenvalue weighted by molar-refractivity contribution is -0.131. The van der Waals surface area contributed by atoms with Crippen LogP contribution >= 0.6 is 0 Å². The standard InChI is InChI=1S/C12H8O5/c1-7(14)16-10-3-2-8-4-9(6-13)12(15)17-11(8)5-10/h2-6H,1H3. The lowest BCUT2D eigenvalue weighted by Crippen LogP contribution is -2.06. The number of ether oxygens (including phenoxy) is 1. The van der Waals surface area contributed by atoms with Crippen LogP contribution in [0.25, 0.3) is 11.0 Å². The molecule has 17 heavy (non-hydrogen) atoms. The second-order valence-corrected chi connectivity index (χ2v) is 3.40. The van der Waals surface area contributed by atoms with Crippen molar-refractivity contribution in [3.8, 4) is 5.75 Å². The van der Waals surface area contributed by atoms with Gasteiger partial charge < -0.3 is 9.15 Å². The average Bonchev–Trinajstić information content (AvgIpc) is 2.27. The maximum atomic E-state index is 11.3. The molecule has 0 aliphatic heterocycles. The fraction of sp³-hybridized carbons (Fsp3) is 0.0833. The molecule has 0 aliphatic rings. The Morgan fingerprint density at radius 1 is 1.35 bits per heavy atom. The van der Waals surface area contributed by atoms with Gasteiger partial charge in [0.25, 0.3) is 0 Å². The zero-order valence-electron chi connectivity index (χ0n) is 8.93. The summed E-state index contributed by atoms with van der Waals surface area (Å²) in [6.45, 7) is 1.27. The Kier molecular flexibility index (Phi) is 2.74. The predicted molar refractivity (Wildman–Crippen MR) is 59.2 cm³/mol. The molecule has 5 nitrogen and oxygen atoms in total. The van der Waals surface area contributed by atoms with Crippen LogP contribution in [0.2, 0.25) is 0 Å². The highest BCUT2D eigenvalue weighted by Gasteiger charge is 2.06. The number of esters is 1. The maximum absolute atomic E-state index is 11.3. The van der Waals surface area contributed by atoms with Crippen molar-refractivity contribution in [1.82, 2.24) is 0 Å². The zero-order chi connectivity index (χ0) is 12.4. The summed E-state index contributed by atoms with van der Waals surface area (Å²) in [5.41, 5.74) is -0.496. The highest BCUT2D eigenvalue weighted by atomic mass is 16.5.